The van der Waals surface area contributed by atoms with Gasteiger partial charge in [0.1, 0.15) is 0 Å². The number of anilines is 2. The van der Waals surface area contributed by atoms with Crippen molar-refractivity contribution in [2.45, 2.75) is 13.5 Å². The van der Waals surface area contributed by atoms with E-state index in [9.17, 15) is 9.90 Å². The first-order valence-corrected chi connectivity index (χ1v) is 7.43. The maximum absolute atomic E-state index is 12.1. The van der Waals surface area contributed by atoms with Crippen LogP contribution in [-0.2, 0) is 6.61 Å². The Balaban J connectivity index is 1.74. The minimum atomic E-state index is -0.350. The lowest BCUT2D eigenvalue weighted by atomic mass is 10.1. The number of aromatic nitrogens is 1. The van der Waals surface area contributed by atoms with Crippen LogP contribution < -0.4 is 10.6 Å². The highest BCUT2D eigenvalue weighted by Gasteiger charge is 2.10. The number of rotatable bonds is 4. The first kappa shape index (κ1) is 15.8. The molecule has 3 aromatic rings. The third-order valence-electron chi connectivity index (χ3n) is 3.51. The van der Waals surface area contributed by atoms with Crippen molar-refractivity contribution < 1.29 is 14.3 Å². The number of oxazole rings is 1. The molecule has 2 aromatic carbocycles. The molecule has 0 aliphatic carbocycles. The fourth-order valence-electron chi connectivity index (χ4n) is 2.41. The van der Waals surface area contributed by atoms with E-state index >= 15 is 0 Å². The summed E-state index contributed by atoms with van der Waals surface area (Å²) in [6.07, 6.45) is 2.91. The van der Waals surface area contributed by atoms with Gasteiger partial charge < -0.3 is 20.2 Å². The van der Waals surface area contributed by atoms with E-state index < -0.39 is 0 Å². The van der Waals surface area contributed by atoms with Gasteiger partial charge in [0.25, 0.3) is 0 Å². The number of carbonyl (C=O) groups excluding carboxylic acids is 1. The molecular weight excluding hydrogens is 306 g/mol. The highest BCUT2D eigenvalue weighted by molar-refractivity contribution is 6.00. The second kappa shape index (κ2) is 6.97. The lowest BCUT2D eigenvalue weighted by Crippen LogP contribution is -2.19. The van der Waals surface area contributed by atoms with Crippen molar-refractivity contribution in [3.05, 3.63) is 66.2 Å². The van der Waals surface area contributed by atoms with Crippen LogP contribution in [0.3, 0.4) is 0 Å². The molecule has 1 heterocycles. The van der Waals surface area contributed by atoms with Crippen LogP contribution in [0.15, 0.2) is 59.5 Å². The predicted molar refractivity (Wildman–Crippen MR) is 91.7 cm³/mol. The van der Waals surface area contributed by atoms with E-state index in [0.717, 1.165) is 11.1 Å². The van der Waals surface area contributed by atoms with Crippen molar-refractivity contribution in [2.24, 2.45) is 0 Å². The third kappa shape index (κ3) is 3.61. The molecule has 0 aliphatic heterocycles. The van der Waals surface area contributed by atoms with Gasteiger partial charge in [0.05, 0.1) is 12.8 Å². The molecule has 3 N–H and O–H groups in total. The van der Waals surface area contributed by atoms with Crippen molar-refractivity contribution >= 4 is 17.4 Å². The van der Waals surface area contributed by atoms with Gasteiger partial charge in [-0.15, -0.1) is 0 Å². The zero-order chi connectivity index (χ0) is 16.9. The second-order valence-electron chi connectivity index (χ2n) is 5.34. The van der Waals surface area contributed by atoms with Gasteiger partial charge in [-0.2, -0.15) is 0 Å². The van der Waals surface area contributed by atoms with Gasteiger partial charge in [-0.1, -0.05) is 12.1 Å². The van der Waals surface area contributed by atoms with E-state index in [1.165, 1.54) is 6.39 Å². The zero-order valence-corrected chi connectivity index (χ0v) is 13.1. The number of aryl methyl sites for hydroxylation is 1. The molecule has 24 heavy (non-hydrogen) atoms. The number of nitrogens with zero attached hydrogens (tertiary/aromatic N) is 1. The summed E-state index contributed by atoms with van der Waals surface area (Å²) in [5.74, 6) is 0.565. The van der Waals surface area contributed by atoms with Crippen LogP contribution in [0, 0.1) is 6.92 Å². The fraction of sp³-hybridized carbons (Fsp3) is 0.111. The lowest BCUT2D eigenvalue weighted by molar-refractivity contribution is 0.262. The first-order chi connectivity index (χ1) is 11.7. The summed E-state index contributed by atoms with van der Waals surface area (Å²) in [4.78, 5) is 16.0. The Hall–Kier alpha value is -3.12. The van der Waals surface area contributed by atoms with Crippen LogP contribution in [-0.4, -0.2) is 16.1 Å². The molecule has 0 atom stereocenters. The van der Waals surface area contributed by atoms with Crippen molar-refractivity contribution in [1.82, 2.24) is 4.98 Å². The monoisotopic (exact) mass is 323 g/mol. The highest BCUT2D eigenvalue weighted by atomic mass is 16.3. The molecule has 0 fully saturated rings. The standard InChI is InChI=1S/C18H17N3O3/c1-12-3-2-4-14(7-12)20-18(23)21-15-5-6-16(13(8-15)10-22)17-9-19-11-24-17/h2-9,11,22H,10H2,1H3,(H2,20,21,23). The molecule has 0 radical (unpaired) electrons. The quantitative estimate of drug-likeness (QED) is 0.682. The van der Waals surface area contributed by atoms with E-state index in [0.29, 0.717) is 22.7 Å². The summed E-state index contributed by atoms with van der Waals surface area (Å²) in [6, 6.07) is 12.4. The van der Waals surface area contributed by atoms with Crippen LogP contribution >= 0.6 is 0 Å². The van der Waals surface area contributed by atoms with Crippen LogP contribution in [0.1, 0.15) is 11.1 Å². The number of carbonyl (C=O) groups is 1. The second-order valence-corrected chi connectivity index (χ2v) is 5.34. The summed E-state index contributed by atoms with van der Waals surface area (Å²) in [6.45, 7) is 1.78. The molecule has 0 bridgehead atoms. The summed E-state index contributed by atoms with van der Waals surface area (Å²) >= 11 is 0. The molecule has 0 spiro atoms. The Kier molecular flexibility index (Phi) is 4.58. The van der Waals surface area contributed by atoms with E-state index in [2.05, 4.69) is 15.6 Å². The normalized spacial score (nSPS) is 10.4. The number of aliphatic hydroxyl groups is 1. The third-order valence-corrected chi connectivity index (χ3v) is 3.51. The number of aliphatic hydroxyl groups excluding tert-OH is 1. The SMILES string of the molecule is Cc1cccc(NC(=O)Nc2ccc(-c3cnco3)c(CO)c2)c1. The fourth-order valence-corrected chi connectivity index (χ4v) is 2.41. The van der Waals surface area contributed by atoms with Crippen molar-refractivity contribution in [2.75, 3.05) is 10.6 Å². The van der Waals surface area contributed by atoms with Crippen LogP contribution in [0.2, 0.25) is 0 Å². The number of nitrogens with one attached hydrogen (secondary N) is 2. The maximum atomic E-state index is 12.1. The number of hydrogen-bond acceptors (Lipinski definition) is 4. The molecule has 0 saturated heterocycles. The molecule has 1 aromatic heterocycles. The van der Waals surface area contributed by atoms with Gasteiger partial charge in [-0.05, 0) is 48.4 Å². The van der Waals surface area contributed by atoms with E-state index in [-0.39, 0.29) is 12.6 Å². The Morgan fingerprint density at radius 1 is 1.17 bits per heavy atom. The van der Waals surface area contributed by atoms with Gasteiger partial charge in [-0.25, -0.2) is 9.78 Å². The van der Waals surface area contributed by atoms with Crippen molar-refractivity contribution in [3.63, 3.8) is 0 Å². The molecule has 6 heteroatoms. The lowest BCUT2D eigenvalue weighted by Gasteiger charge is -2.11. The minimum Gasteiger partial charge on any atom is -0.444 e. The highest BCUT2D eigenvalue weighted by Crippen LogP contribution is 2.26. The number of benzene rings is 2. The van der Waals surface area contributed by atoms with Crippen LogP contribution in [0.5, 0.6) is 0 Å². The predicted octanol–water partition coefficient (Wildman–Crippen LogP) is 3.79. The van der Waals surface area contributed by atoms with E-state index in [1.807, 2.05) is 31.2 Å². The minimum absolute atomic E-state index is 0.176. The molecule has 0 unspecified atom stereocenters. The van der Waals surface area contributed by atoms with Gasteiger partial charge in [0, 0.05) is 16.9 Å². The average molecular weight is 323 g/mol. The first-order valence-electron chi connectivity index (χ1n) is 7.43. The topological polar surface area (TPSA) is 87.4 Å². The van der Waals surface area contributed by atoms with E-state index in [1.54, 1.807) is 24.4 Å². The van der Waals surface area contributed by atoms with Gasteiger partial charge in [-0.3, -0.25) is 0 Å². The Morgan fingerprint density at radius 3 is 2.62 bits per heavy atom. The zero-order valence-electron chi connectivity index (χ0n) is 13.1. The molecule has 0 saturated carbocycles. The van der Waals surface area contributed by atoms with Gasteiger partial charge in [0.15, 0.2) is 12.2 Å². The molecule has 6 nitrogen and oxygen atoms in total. The number of hydrogen-bond donors (Lipinski definition) is 3. The van der Waals surface area contributed by atoms with Crippen LogP contribution in [0.4, 0.5) is 16.2 Å². The van der Waals surface area contributed by atoms with Crippen molar-refractivity contribution in [1.29, 1.82) is 0 Å². The van der Waals surface area contributed by atoms with E-state index in [4.69, 9.17) is 4.42 Å². The smallest absolute Gasteiger partial charge is 0.323 e. The van der Waals surface area contributed by atoms with Crippen LogP contribution in [0.25, 0.3) is 11.3 Å². The molecule has 3 rings (SSSR count). The largest absolute Gasteiger partial charge is 0.444 e. The Bertz CT molecular complexity index is 844. The Labute approximate surface area is 139 Å². The number of amides is 2. The number of urea groups is 1. The summed E-state index contributed by atoms with van der Waals surface area (Å²) in [5.41, 5.74) is 3.73. The molecule has 122 valence electrons. The maximum Gasteiger partial charge on any atom is 0.323 e. The summed E-state index contributed by atoms with van der Waals surface area (Å²) in [5, 5.41) is 15.1. The summed E-state index contributed by atoms with van der Waals surface area (Å²) in [7, 11) is 0. The molecule has 2 amide bonds. The molecular formula is C18H17N3O3. The van der Waals surface area contributed by atoms with Crippen molar-refractivity contribution in [3.8, 4) is 11.3 Å². The van der Waals surface area contributed by atoms with Gasteiger partial charge in [0.2, 0.25) is 0 Å². The summed E-state index contributed by atoms with van der Waals surface area (Å²) < 4.78 is 5.25. The molecule has 0 aliphatic rings. The Morgan fingerprint density at radius 2 is 1.96 bits per heavy atom. The average Bonchev–Trinajstić information content (AvgIpc) is 3.09. The van der Waals surface area contributed by atoms with Gasteiger partial charge >= 0.3 is 6.03 Å².